The van der Waals surface area contributed by atoms with Crippen LogP contribution >= 0.6 is 27.5 Å². The Morgan fingerprint density at radius 2 is 1.66 bits per heavy atom. The maximum atomic E-state index is 14.9. The first-order valence-electron chi connectivity index (χ1n) is 7.67. The van der Waals surface area contributed by atoms with Crippen molar-refractivity contribution in [2.45, 2.75) is 31.4 Å². The smallest absolute Gasteiger partial charge is 0.258 e. The number of nitro groups is 1. The number of hydrogen-bond acceptors (Lipinski definition) is 2. The van der Waals surface area contributed by atoms with Gasteiger partial charge in [0.15, 0.2) is 0 Å². The highest BCUT2D eigenvalue weighted by Gasteiger charge is 2.74. The van der Waals surface area contributed by atoms with Gasteiger partial charge in [-0.05, 0) is 34.0 Å². The van der Waals surface area contributed by atoms with Crippen LogP contribution in [0, 0.1) is 16.2 Å². The van der Waals surface area contributed by atoms with E-state index >= 15 is 0 Å². The van der Waals surface area contributed by atoms with E-state index in [1.165, 1.54) is 6.92 Å². The van der Waals surface area contributed by atoms with Gasteiger partial charge in [-0.15, -0.1) is 0 Å². The van der Waals surface area contributed by atoms with Crippen LogP contribution in [0.3, 0.4) is 0 Å². The molecule has 1 radical (unpaired) electrons. The third-order valence-electron chi connectivity index (χ3n) is 4.04. The molecule has 0 aliphatic carbocycles. The molecule has 0 atom stereocenters. The maximum Gasteiger partial charge on any atom is 0.435 e. The topological polar surface area (TPSA) is 43.1 Å². The van der Waals surface area contributed by atoms with Crippen LogP contribution in [0.2, 0.25) is 5.02 Å². The van der Waals surface area contributed by atoms with E-state index < -0.39 is 54.8 Å². The Bertz CT molecular complexity index is 946. The minimum absolute atomic E-state index is 0.0360. The molecular weight excluding hydrogens is 499 g/mol. The molecule has 0 unspecified atom stereocenters. The number of alkyl halides is 7. The Morgan fingerprint density at radius 3 is 2.07 bits per heavy atom. The van der Waals surface area contributed by atoms with Crippen molar-refractivity contribution in [1.29, 1.82) is 0 Å². The van der Waals surface area contributed by atoms with Crippen molar-refractivity contribution in [2.75, 3.05) is 0 Å². The standard InChI is InChI=1S/C17H9BrClF7NO2/c1-2-8-5-11(15(20,16(21,22)23)17(24,25)26)14(12(18)6-8)10-4-3-9(27(28)29)7-13(10)19/h3-5,7H,2H2,1H3. The highest BCUT2D eigenvalue weighted by atomic mass is 79.9. The van der Waals surface area contributed by atoms with E-state index in [4.69, 9.17) is 11.6 Å². The van der Waals surface area contributed by atoms with Crippen molar-refractivity contribution < 1.29 is 35.7 Å². The summed E-state index contributed by atoms with van der Waals surface area (Å²) in [5.41, 5.74) is -9.46. The Morgan fingerprint density at radius 1 is 1.10 bits per heavy atom. The van der Waals surface area contributed by atoms with Crippen molar-refractivity contribution in [1.82, 2.24) is 0 Å². The Labute approximate surface area is 172 Å². The molecule has 157 valence electrons. The Hall–Kier alpha value is -1.88. The normalized spacial score (nSPS) is 12.9. The van der Waals surface area contributed by atoms with E-state index in [0.29, 0.717) is 6.07 Å². The van der Waals surface area contributed by atoms with Gasteiger partial charge >= 0.3 is 18.0 Å². The second kappa shape index (κ2) is 7.75. The molecule has 0 saturated heterocycles. The summed E-state index contributed by atoms with van der Waals surface area (Å²) in [7, 11) is 0. The van der Waals surface area contributed by atoms with Crippen LogP contribution in [0.5, 0.6) is 0 Å². The molecule has 0 aliphatic heterocycles. The lowest BCUT2D eigenvalue weighted by Gasteiger charge is -2.32. The van der Waals surface area contributed by atoms with Crippen molar-refractivity contribution >= 4 is 33.2 Å². The summed E-state index contributed by atoms with van der Waals surface area (Å²) in [5.74, 6) is 0. The highest BCUT2D eigenvalue weighted by Crippen LogP contribution is 2.56. The lowest BCUT2D eigenvalue weighted by molar-refractivity contribution is -0.384. The molecule has 3 nitrogen and oxygen atoms in total. The van der Waals surface area contributed by atoms with E-state index in [0.717, 1.165) is 18.2 Å². The summed E-state index contributed by atoms with van der Waals surface area (Å²) in [6.07, 6.45) is -12.7. The summed E-state index contributed by atoms with van der Waals surface area (Å²) in [6.45, 7) is 1.43. The molecule has 0 fully saturated rings. The van der Waals surface area contributed by atoms with E-state index in [1.807, 2.05) is 0 Å². The molecule has 0 aliphatic rings. The lowest BCUT2D eigenvalue weighted by Crippen LogP contribution is -2.50. The third kappa shape index (κ3) is 4.07. The summed E-state index contributed by atoms with van der Waals surface area (Å²) < 4.78 is 94.7. The number of hydrogen-bond donors (Lipinski definition) is 0. The molecule has 0 bridgehead atoms. The van der Waals surface area contributed by atoms with Crippen LogP contribution in [-0.2, 0) is 12.1 Å². The predicted octanol–water partition coefficient (Wildman–Crippen LogP) is 7.33. The first-order valence-corrected chi connectivity index (χ1v) is 8.84. The van der Waals surface area contributed by atoms with E-state index in [9.17, 15) is 40.8 Å². The first-order chi connectivity index (χ1) is 13.1. The number of nitrogens with zero attached hydrogens (tertiary/aromatic N) is 1. The quantitative estimate of drug-likeness (QED) is 0.247. The zero-order valence-corrected chi connectivity index (χ0v) is 16.5. The van der Waals surface area contributed by atoms with Crippen molar-refractivity contribution in [3.63, 3.8) is 0 Å². The molecule has 12 heteroatoms. The second-order valence-corrected chi connectivity index (χ2v) is 7.03. The molecule has 0 N–H and O–H groups in total. The minimum Gasteiger partial charge on any atom is -0.258 e. The molecule has 0 heterocycles. The number of non-ortho nitro benzene ring substituents is 1. The van der Waals surface area contributed by atoms with E-state index in [-0.39, 0.29) is 12.0 Å². The van der Waals surface area contributed by atoms with Gasteiger partial charge < -0.3 is 0 Å². The van der Waals surface area contributed by atoms with Crippen LogP contribution in [0.15, 0.2) is 28.7 Å². The van der Waals surface area contributed by atoms with Gasteiger partial charge in [0.2, 0.25) is 0 Å². The third-order valence-corrected chi connectivity index (χ3v) is 4.95. The van der Waals surface area contributed by atoms with Gasteiger partial charge in [-0.3, -0.25) is 10.1 Å². The molecule has 0 spiro atoms. The van der Waals surface area contributed by atoms with Crippen LogP contribution < -0.4 is 0 Å². The molecule has 2 aromatic rings. The van der Waals surface area contributed by atoms with Crippen molar-refractivity contribution in [3.8, 4) is 11.1 Å². The zero-order chi connectivity index (χ0) is 22.4. The zero-order valence-electron chi connectivity index (χ0n) is 14.2. The van der Waals surface area contributed by atoms with Crippen LogP contribution in [0.25, 0.3) is 11.1 Å². The van der Waals surface area contributed by atoms with Crippen molar-refractivity contribution in [2.24, 2.45) is 0 Å². The van der Waals surface area contributed by atoms with E-state index in [1.54, 1.807) is 0 Å². The minimum atomic E-state index is -6.35. The fraction of sp³-hybridized carbons (Fsp3) is 0.294. The lowest BCUT2D eigenvalue weighted by atomic mass is 9.85. The van der Waals surface area contributed by atoms with Gasteiger partial charge in [-0.25, -0.2) is 4.39 Å². The molecule has 0 aromatic heterocycles. The predicted molar refractivity (Wildman–Crippen MR) is 94.4 cm³/mol. The maximum absolute atomic E-state index is 14.9. The first kappa shape index (κ1) is 23.4. The summed E-state index contributed by atoms with van der Waals surface area (Å²) in [5, 5.41) is 10.3. The number of halogens is 9. The fourth-order valence-electron chi connectivity index (χ4n) is 2.62. The SMILES string of the molecule is CCc1[c]c(Br)c(-c2ccc([N+](=O)[O-])cc2Cl)c(C(F)(C(F)(F)F)C(F)(F)F)c1. The molecule has 0 amide bonds. The van der Waals surface area contributed by atoms with Gasteiger partial charge in [-0.1, -0.05) is 24.6 Å². The average molecular weight is 508 g/mol. The number of benzene rings is 2. The van der Waals surface area contributed by atoms with Crippen molar-refractivity contribution in [3.05, 3.63) is 61.1 Å². The average Bonchev–Trinajstić information content (AvgIpc) is 2.58. The molecular formula is C17H9BrClF7NO2. The summed E-state index contributed by atoms with van der Waals surface area (Å²) in [6, 6.07) is 5.35. The largest absolute Gasteiger partial charge is 0.435 e. The van der Waals surface area contributed by atoms with E-state index in [2.05, 4.69) is 22.0 Å². The van der Waals surface area contributed by atoms with Gasteiger partial charge in [0.1, 0.15) is 0 Å². The van der Waals surface area contributed by atoms with Crippen LogP contribution in [-0.4, -0.2) is 17.3 Å². The molecule has 29 heavy (non-hydrogen) atoms. The molecule has 0 saturated carbocycles. The second-order valence-electron chi connectivity index (χ2n) is 5.83. The monoisotopic (exact) mass is 506 g/mol. The molecule has 2 aromatic carbocycles. The summed E-state index contributed by atoms with van der Waals surface area (Å²) >= 11 is 8.71. The Balaban J connectivity index is 2.97. The van der Waals surface area contributed by atoms with Crippen LogP contribution in [0.4, 0.5) is 36.4 Å². The number of rotatable bonds is 4. The van der Waals surface area contributed by atoms with Gasteiger partial charge in [0, 0.05) is 39.4 Å². The molecule has 2 rings (SSSR count). The Kier molecular flexibility index (Phi) is 6.25. The van der Waals surface area contributed by atoms with Gasteiger partial charge in [0.05, 0.1) is 9.95 Å². The summed E-state index contributed by atoms with van der Waals surface area (Å²) in [4.78, 5) is 9.96. The van der Waals surface area contributed by atoms with Gasteiger partial charge in [0.25, 0.3) is 5.69 Å². The highest BCUT2D eigenvalue weighted by molar-refractivity contribution is 9.10. The number of nitro benzene ring substituents is 1. The fourth-order valence-corrected chi connectivity index (χ4v) is 3.57. The van der Waals surface area contributed by atoms with Gasteiger partial charge in [-0.2, -0.15) is 26.3 Å². The number of aryl methyl sites for hydroxylation is 1. The van der Waals surface area contributed by atoms with Crippen LogP contribution in [0.1, 0.15) is 18.1 Å².